The molecule has 4 rings (SSSR count). The number of amides is 1. The van der Waals surface area contributed by atoms with Gasteiger partial charge >= 0.3 is 0 Å². The lowest BCUT2D eigenvalue weighted by Gasteiger charge is -2.36. The molecule has 1 unspecified atom stereocenters. The molecule has 3 aromatic heterocycles. The van der Waals surface area contributed by atoms with Crippen LogP contribution in [0, 0.1) is 22.7 Å². The second-order valence-corrected chi connectivity index (χ2v) is 13.4. The van der Waals surface area contributed by atoms with E-state index in [1.165, 1.54) is 21.5 Å². The van der Waals surface area contributed by atoms with Crippen LogP contribution in [0.1, 0.15) is 81.3 Å². The number of thiophene rings is 2. The average Bonchev–Trinajstić information content (AvgIpc) is 3.58. The number of nitriles is 1. The highest BCUT2D eigenvalue weighted by molar-refractivity contribution is 7.99. The number of hydrogen-bond donors (Lipinski definition) is 1. The molecule has 0 saturated heterocycles. The Labute approximate surface area is 226 Å². The van der Waals surface area contributed by atoms with Gasteiger partial charge in [-0.3, -0.25) is 9.36 Å². The van der Waals surface area contributed by atoms with Crippen molar-refractivity contribution in [2.45, 2.75) is 84.8 Å². The summed E-state index contributed by atoms with van der Waals surface area (Å²) in [4.78, 5) is 15.5. The smallest absolute Gasteiger partial charge is 0.235 e. The third kappa shape index (κ3) is 5.41. The molecule has 0 spiro atoms. The molecule has 6 nitrogen and oxygen atoms in total. The van der Waals surface area contributed by atoms with E-state index in [9.17, 15) is 10.1 Å². The van der Waals surface area contributed by atoms with Crippen molar-refractivity contribution in [1.82, 2.24) is 14.8 Å². The Morgan fingerprint density at radius 3 is 2.78 bits per heavy atom. The Balaban J connectivity index is 1.47. The molecule has 0 radical (unpaired) electrons. The Hall–Kier alpha value is -2.15. The number of nitrogens with zero attached hydrogens (tertiary/aromatic N) is 4. The summed E-state index contributed by atoms with van der Waals surface area (Å²) in [6.45, 7) is 13.3. The van der Waals surface area contributed by atoms with Crippen LogP contribution in [0.2, 0.25) is 0 Å². The first kappa shape index (κ1) is 26.9. The summed E-state index contributed by atoms with van der Waals surface area (Å²) in [6, 6.07) is 4.70. The predicted octanol–water partition coefficient (Wildman–Crippen LogP) is 7.35. The molecule has 1 N–H and O–H groups in total. The number of rotatable bonds is 9. The van der Waals surface area contributed by atoms with E-state index in [-0.39, 0.29) is 23.1 Å². The average molecular weight is 542 g/mol. The van der Waals surface area contributed by atoms with Crippen LogP contribution in [0.5, 0.6) is 0 Å². The summed E-state index contributed by atoms with van der Waals surface area (Å²) in [5.74, 6) is 1.54. The van der Waals surface area contributed by atoms with Gasteiger partial charge in [-0.05, 0) is 62.5 Å². The number of aryl methyl sites for hydroxylation is 1. The molecule has 0 aliphatic heterocycles. The summed E-state index contributed by atoms with van der Waals surface area (Å²) in [5, 5.41) is 25.3. The largest absolute Gasteiger partial charge is 0.316 e. The maximum atomic E-state index is 12.9. The van der Waals surface area contributed by atoms with E-state index in [4.69, 9.17) is 0 Å². The zero-order valence-electron chi connectivity index (χ0n) is 22.0. The van der Waals surface area contributed by atoms with Crippen molar-refractivity contribution in [3.63, 3.8) is 0 Å². The number of nitrogens with one attached hydrogen (secondary N) is 1. The zero-order valence-corrected chi connectivity index (χ0v) is 24.4. The maximum absolute atomic E-state index is 12.9. The van der Waals surface area contributed by atoms with Crippen LogP contribution >= 0.6 is 34.4 Å². The molecular formula is C27H35N5OS3. The van der Waals surface area contributed by atoms with Crippen molar-refractivity contribution in [3.8, 4) is 17.5 Å². The van der Waals surface area contributed by atoms with Crippen molar-refractivity contribution < 1.29 is 4.79 Å². The number of thioether (sulfide) groups is 1. The van der Waals surface area contributed by atoms with Gasteiger partial charge in [-0.2, -0.15) is 5.26 Å². The van der Waals surface area contributed by atoms with Gasteiger partial charge in [0, 0.05) is 26.7 Å². The van der Waals surface area contributed by atoms with Gasteiger partial charge in [0.25, 0.3) is 0 Å². The normalized spacial score (nSPS) is 15.7. The predicted molar refractivity (Wildman–Crippen MR) is 151 cm³/mol. The van der Waals surface area contributed by atoms with Gasteiger partial charge in [0.15, 0.2) is 11.0 Å². The number of carbonyl (C=O) groups excluding carboxylic acids is 1. The van der Waals surface area contributed by atoms with E-state index in [1.54, 1.807) is 22.7 Å². The highest BCUT2D eigenvalue weighted by Crippen LogP contribution is 2.45. The van der Waals surface area contributed by atoms with E-state index < -0.39 is 0 Å². The molecule has 3 heterocycles. The van der Waals surface area contributed by atoms with E-state index >= 15 is 0 Å². The third-order valence-corrected chi connectivity index (χ3v) is 10.6. The summed E-state index contributed by atoms with van der Waals surface area (Å²) in [6.07, 6.45) is 5.13. The molecule has 1 aliphatic carbocycles. The maximum Gasteiger partial charge on any atom is 0.235 e. The number of aromatic nitrogens is 3. The van der Waals surface area contributed by atoms with E-state index in [1.807, 2.05) is 0 Å². The fourth-order valence-corrected chi connectivity index (χ4v) is 7.74. The second kappa shape index (κ2) is 11.1. The van der Waals surface area contributed by atoms with Gasteiger partial charge in [-0.1, -0.05) is 45.9 Å². The second-order valence-electron chi connectivity index (χ2n) is 10.4. The summed E-state index contributed by atoms with van der Waals surface area (Å²) in [5.41, 5.74) is 3.14. The van der Waals surface area contributed by atoms with Gasteiger partial charge in [-0.15, -0.1) is 32.9 Å². The molecule has 9 heteroatoms. The Bertz CT molecular complexity index is 1280. The fraction of sp³-hybridized carbons (Fsp3) is 0.556. The molecule has 1 aliphatic rings. The van der Waals surface area contributed by atoms with Crippen molar-refractivity contribution in [2.75, 3.05) is 11.1 Å². The Kier molecular flexibility index (Phi) is 8.28. The van der Waals surface area contributed by atoms with Crippen LogP contribution in [-0.4, -0.2) is 26.4 Å². The minimum atomic E-state index is -0.121. The van der Waals surface area contributed by atoms with E-state index in [2.05, 4.69) is 79.1 Å². The molecule has 1 atom stereocenters. The molecule has 0 aromatic carbocycles. The standard InChI is InChI=1S/C27H35N5OS3/c1-7-19-11-17(14-34-19)24-30-31-26(32(24)16(3)4)35-15-23(33)29-25-21(13-28)20-10-9-18(12-22(20)36-25)27(5,6)8-2/h11,14,16,18H,7-10,12,15H2,1-6H3,(H,29,33). The molecule has 0 fully saturated rings. The lowest BCUT2D eigenvalue weighted by atomic mass is 9.69. The molecule has 0 saturated carbocycles. The van der Waals surface area contributed by atoms with Crippen LogP contribution in [0.4, 0.5) is 5.00 Å². The topological polar surface area (TPSA) is 83.6 Å². The Morgan fingerprint density at radius 2 is 2.14 bits per heavy atom. The molecular weight excluding hydrogens is 507 g/mol. The summed E-state index contributed by atoms with van der Waals surface area (Å²) >= 11 is 4.71. The number of fused-ring (bicyclic) bond motifs is 1. The first-order valence-corrected chi connectivity index (χ1v) is 15.4. The van der Waals surface area contributed by atoms with Crippen molar-refractivity contribution in [2.24, 2.45) is 11.3 Å². The van der Waals surface area contributed by atoms with Gasteiger partial charge in [0.05, 0.1) is 11.3 Å². The molecule has 36 heavy (non-hydrogen) atoms. The highest BCUT2D eigenvalue weighted by Gasteiger charge is 2.34. The summed E-state index contributed by atoms with van der Waals surface area (Å²) in [7, 11) is 0. The number of carbonyl (C=O) groups is 1. The van der Waals surface area contributed by atoms with Crippen LogP contribution in [0.15, 0.2) is 16.6 Å². The van der Waals surface area contributed by atoms with Crippen molar-refractivity contribution in [1.29, 1.82) is 5.26 Å². The number of anilines is 1. The molecule has 3 aromatic rings. The minimum Gasteiger partial charge on any atom is -0.316 e. The zero-order chi connectivity index (χ0) is 26.0. The monoisotopic (exact) mass is 541 g/mol. The van der Waals surface area contributed by atoms with Gasteiger partial charge in [-0.25, -0.2) is 0 Å². The van der Waals surface area contributed by atoms with Crippen LogP contribution in [0.3, 0.4) is 0 Å². The van der Waals surface area contributed by atoms with E-state index in [0.717, 1.165) is 54.2 Å². The van der Waals surface area contributed by atoms with Crippen LogP contribution in [0.25, 0.3) is 11.4 Å². The van der Waals surface area contributed by atoms with E-state index in [0.29, 0.717) is 16.5 Å². The van der Waals surface area contributed by atoms with Crippen LogP contribution in [-0.2, 0) is 24.1 Å². The quantitative estimate of drug-likeness (QED) is 0.286. The lowest BCUT2D eigenvalue weighted by Crippen LogP contribution is -2.28. The molecule has 1 amide bonds. The Morgan fingerprint density at radius 1 is 1.36 bits per heavy atom. The van der Waals surface area contributed by atoms with Gasteiger partial charge in [0.2, 0.25) is 5.91 Å². The van der Waals surface area contributed by atoms with Gasteiger partial charge < -0.3 is 5.32 Å². The van der Waals surface area contributed by atoms with Crippen molar-refractivity contribution >= 4 is 45.3 Å². The first-order valence-electron chi connectivity index (χ1n) is 12.7. The highest BCUT2D eigenvalue weighted by atomic mass is 32.2. The van der Waals surface area contributed by atoms with Crippen LogP contribution < -0.4 is 5.32 Å². The molecule has 0 bridgehead atoms. The summed E-state index contributed by atoms with van der Waals surface area (Å²) < 4.78 is 2.10. The number of hydrogen-bond acceptors (Lipinski definition) is 7. The third-order valence-electron chi connectivity index (χ3n) is 7.42. The minimum absolute atomic E-state index is 0.121. The van der Waals surface area contributed by atoms with Crippen molar-refractivity contribution in [3.05, 3.63) is 32.3 Å². The lowest BCUT2D eigenvalue weighted by molar-refractivity contribution is -0.113. The molecule has 192 valence electrons. The van der Waals surface area contributed by atoms with Gasteiger partial charge in [0.1, 0.15) is 11.1 Å². The fourth-order valence-electron chi connectivity index (χ4n) is 4.76. The SMILES string of the molecule is CCc1cc(-c2nnc(SCC(=O)Nc3sc4c(c3C#N)CCC(C(C)(C)CC)C4)n2C(C)C)cs1. The first-order chi connectivity index (χ1) is 17.2.